The molecule has 1 aromatic rings. The Morgan fingerprint density at radius 2 is 2.45 bits per heavy atom. The van der Waals surface area contributed by atoms with Gasteiger partial charge in [-0.05, 0) is 24.7 Å². The molecule has 60 valence electrons. The van der Waals surface area contributed by atoms with E-state index in [4.69, 9.17) is 11.6 Å². The summed E-state index contributed by atoms with van der Waals surface area (Å²) in [5, 5.41) is 2.12. The average Bonchev–Trinajstić information content (AvgIpc) is 2.59. The van der Waals surface area contributed by atoms with Crippen LogP contribution in [0.4, 0.5) is 0 Å². The Kier molecular flexibility index (Phi) is 1.90. The van der Waals surface area contributed by atoms with Crippen LogP contribution in [0.3, 0.4) is 0 Å². The van der Waals surface area contributed by atoms with E-state index in [-0.39, 0.29) is 0 Å². The number of aromatic nitrogens is 1. The van der Waals surface area contributed by atoms with Gasteiger partial charge in [-0.25, -0.2) is 4.98 Å². The molecule has 0 amide bonds. The minimum absolute atomic E-state index is 0.426. The van der Waals surface area contributed by atoms with Crippen molar-refractivity contribution in [3.8, 4) is 0 Å². The van der Waals surface area contributed by atoms with Crippen molar-refractivity contribution < 1.29 is 0 Å². The third kappa shape index (κ3) is 1.57. The van der Waals surface area contributed by atoms with Gasteiger partial charge in [0.1, 0.15) is 0 Å². The molecule has 1 aliphatic carbocycles. The van der Waals surface area contributed by atoms with Crippen LogP contribution >= 0.6 is 22.9 Å². The summed E-state index contributed by atoms with van der Waals surface area (Å²) in [5.74, 6) is 0.796. The summed E-state index contributed by atoms with van der Waals surface area (Å²) >= 11 is 7.51. The van der Waals surface area contributed by atoms with Crippen molar-refractivity contribution in [3.05, 3.63) is 16.6 Å². The Labute approximate surface area is 75.4 Å². The molecule has 3 heteroatoms. The molecule has 1 fully saturated rings. The van der Waals surface area contributed by atoms with Crippen molar-refractivity contribution >= 4 is 22.9 Å². The van der Waals surface area contributed by atoms with Gasteiger partial charge >= 0.3 is 0 Å². The maximum atomic E-state index is 5.85. The van der Waals surface area contributed by atoms with E-state index >= 15 is 0 Å². The SMILES string of the molecule is ClCC1(Cc2cscn2)CC1. The molecule has 1 nitrogen and oxygen atoms in total. The molecule has 1 aliphatic rings. The van der Waals surface area contributed by atoms with Crippen molar-refractivity contribution in [1.29, 1.82) is 0 Å². The molecule has 2 rings (SSSR count). The van der Waals surface area contributed by atoms with Crippen molar-refractivity contribution in [2.24, 2.45) is 5.41 Å². The molecule has 0 saturated heterocycles. The number of hydrogen-bond donors (Lipinski definition) is 0. The molecular weight excluding hydrogens is 178 g/mol. The van der Waals surface area contributed by atoms with Crippen LogP contribution in [0.1, 0.15) is 18.5 Å². The Balaban J connectivity index is 2.01. The van der Waals surface area contributed by atoms with Crippen molar-refractivity contribution in [2.45, 2.75) is 19.3 Å². The molecular formula is C8H10ClNS. The predicted octanol–water partition coefficient (Wildman–Crippen LogP) is 2.70. The molecule has 0 N–H and O–H groups in total. The van der Waals surface area contributed by atoms with Crippen LogP contribution < -0.4 is 0 Å². The number of hydrogen-bond acceptors (Lipinski definition) is 2. The summed E-state index contributed by atoms with van der Waals surface area (Å²) < 4.78 is 0. The van der Waals surface area contributed by atoms with E-state index in [0.29, 0.717) is 5.41 Å². The molecule has 0 bridgehead atoms. The third-order valence-corrected chi connectivity index (χ3v) is 3.48. The summed E-state index contributed by atoms with van der Waals surface area (Å²) in [7, 11) is 0. The first-order valence-electron chi connectivity index (χ1n) is 3.78. The van der Waals surface area contributed by atoms with Crippen LogP contribution in [0.15, 0.2) is 10.9 Å². The summed E-state index contributed by atoms with van der Waals surface area (Å²) in [5.41, 5.74) is 3.53. The zero-order chi connectivity index (χ0) is 7.73. The standard InChI is InChI=1S/C8H10ClNS/c9-5-8(1-2-8)3-7-4-11-6-10-7/h4,6H,1-3,5H2. The number of halogens is 1. The molecule has 11 heavy (non-hydrogen) atoms. The Morgan fingerprint density at radius 1 is 1.64 bits per heavy atom. The van der Waals surface area contributed by atoms with Crippen LogP contribution in [-0.2, 0) is 6.42 Å². The molecule has 0 radical (unpaired) electrons. The smallest absolute Gasteiger partial charge is 0.0794 e. The van der Waals surface area contributed by atoms with Gasteiger partial charge in [0.15, 0.2) is 0 Å². The summed E-state index contributed by atoms with van der Waals surface area (Å²) in [6.45, 7) is 0. The zero-order valence-electron chi connectivity index (χ0n) is 6.22. The Bertz CT molecular complexity index is 228. The highest BCUT2D eigenvalue weighted by molar-refractivity contribution is 7.07. The van der Waals surface area contributed by atoms with Gasteiger partial charge in [0.05, 0.1) is 11.2 Å². The first-order chi connectivity index (χ1) is 5.35. The fourth-order valence-electron chi connectivity index (χ4n) is 1.24. The van der Waals surface area contributed by atoms with Crippen LogP contribution in [0.2, 0.25) is 0 Å². The van der Waals surface area contributed by atoms with Crippen molar-refractivity contribution in [2.75, 3.05) is 5.88 Å². The van der Waals surface area contributed by atoms with Gasteiger partial charge < -0.3 is 0 Å². The zero-order valence-corrected chi connectivity index (χ0v) is 7.79. The summed E-state index contributed by atoms with van der Waals surface area (Å²) in [6.07, 6.45) is 3.65. The monoisotopic (exact) mass is 187 g/mol. The highest BCUT2D eigenvalue weighted by Crippen LogP contribution is 2.49. The van der Waals surface area contributed by atoms with Crippen LogP contribution in [0.5, 0.6) is 0 Å². The first-order valence-corrected chi connectivity index (χ1v) is 5.25. The van der Waals surface area contributed by atoms with Crippen LogP contribution in [0.25, 0.3) is 0 Å². The van der Waals surface area contributed by atoms with Gasteiger partial charge in [0.2, 0.25) is 0 Å². The second-order valence-corrected chi connectivity index (χ2v) is 4.28. The van der Waals surface area contributed by atoms with Crippen LogP contribution in [-0.4, -0.2) is 10.9 Å². The van der Waals surface area contributed by atoms with Gasteiger partial charge in [-0.3, -0.25) is 0 Å². The summed E-state index contributed by atoms with van der Waals surface area (Å²) in [6, 6.07) is 0. The van der Waals surface area contributed by atoms with Gasteiger partial charge in [-0.15, -0.1) is 22.9 Å². The highest BCUT2D eigenvalue weighted by atomic mass is 35.5. The minimum atomic E-state index is 0.426. The van der Waals surface area contributed by atoms with E-state index < -0.39 is 0 Å². The normalized spacial score (nSPS) is 20.1. The highest BCUT2D eigenvalue weighted by Gasteiger charge is 2.41. The largest absolute Gasteiger partial charge is 0.250 e. The topological polar surface area (TPSA) is 12.9 Å². The third-order valence-electron chi connectivity index (χ3n) is 2.28. The van der Waals surface area contributed by atoms with E-state index in [1.165, 1.54) is 18.5 Å². The molecule has 0 spiro atoms. The molecule has 1 aromatic heterocycles. The lowest BCUT2D eigenvalue weighted by Crippen LogP contribution is -2.06. The van der Waals surface area contributed by atoms with E-state index in [1.54, 1.807) is 11.3 Å². The first kappa shape index (κ1) is 7.56. The van der Waals surface area contributed by atoms with Crippen molar-refractivity contribution in [3.63, 3.8) is 0 Å². The van der Waals surface area contributed by atoms with E-state index in [2.05, 4.69) is 10.4 Å². The van der Waals surface area contributed by atoms with E-state index in [9.17, 15) is 0 Å². The maximum Gasteiger partial charge on any atom is 0.0794 e. The van der Waals surface area contributed by atoms with Crippen LogP contribution in [0, 0.1) is 5.41 Å². The fraction of sp³-hybridized carbons (Fsp3) is 0.625. The molecule has 0 atom stereocenters. The van der Waals surface area contributed by atoms with E-state index in [1.807, 2.05) is 5.51 Å². The second-order valence-electron chi connectivity index (χ2n) is 3.29. The number of alkyl halides is 1. The molecule has 1 heterocycles. The minimum Gasteiger partial charge on any atom is -0.250 e. The lowest BCUT2D eigenvalue weighted by atomic mass is 10.0. The predicted molar refractivity (Wildman–Crippen MR) is 48.2 cm³/mol. The Morgan fingerprint density at radius 3 is 2.91 bits per heavy atom. The van der Waals surface area contributed by atoms with Crippen molar-refractivity contribution in [1.82, 2.24) is 4.98 Å². The second kappa shape index (κ2) is 2.76. The molecule has 1 saturated carbocycles. The van der Waals surface area contributed by atoms with E-state index in [0.717, 1.165) is 12.3 Å². The van der Waals surface area contributed by atoms with Gasteiger partial charge in [0, 0.05) is 11.3 Å². The van der Waals surface area contributed by atoms with Gasteiger partial charge in [0.25, 0.3) is 0 Å². The maximum absolute atomic E-state index is 5.85. The van der Waals surface area contributed by atoms with Gasteiger partial charge in [-0.2, -0.15) is 0 Å². The number of thiazole rings is 1. The molecule has 0 aromatic carbocycles. The average molecular weight is 188 g/mol. The van der Waals surface area contributed by atoms with Gasteiger partial charge in [-0.1, -0.05) is 0 Å². The Hall–Kier alpha value is -0.0800. The fourth-order valence-corrected chi connectivity index (χ4v) is 2.16. The number of nitrogens with zero attached hydrogens (tertiary/aromatic N) is 1. The summed E-state index contributed by atoms with van der Waals surface area (Å²) in [4.78, 5) is 4.25. The molecule has 0 aliphatic heterocycles. The quantitative estimate of drug-likeness (QED) is 0.664. The lowest BCUT2D eigenvalue weighted by molar-refractivity contribution is 0.570. The number of rotatable bonds is 3. The lowest BCUT2D eigenvalue weighted by Gasteiger charge is -2.07. The molecule has 0 unspecified atom stereocenters.